The molecule has 1 heterocycles. The van der Waals surface area contributed by atoms with Gasteiger partial charge in [0.25, 0.3) is 5.91 Å². The largest absolute Gasteiger partial charge is 0.459 e. The van der Waals surface area contributed by atoms with Crippen LogP contribution < -0.4 is 10.1 Å². The van der Waals surface area contributed by atoms with Crippen LogP contribution in [0.4, 0.5) is 0 Å². The summed E-state index contributed by atoms with van der Waals surface area (Å²) < 4.78 is 8.21. The fraction of sp³-hybridized carbons (Fsp3) is 0.429. The Morgan fingerprint density at radius 2 is 1.91 bits per heavy atom. The third-order valence-electron chi connectivity index (χ3n) is 4.73. The summed E-state index contributed by atoms with van der Waals surface area (Å²) in [5.74, 6) is -2.68. The van der Waals surface area contributed by atoms with Crippen molar-refractivity contribution in [1.82, 2.24) is 10.2 Å². The van der Waals surface area contributed by atoms with Crippen LogP contribution in [0.3, 0.4) is 0 Å². The van der Waals surface area contributed by atoms with E-state index in [0.717, 1.165) is 4.90 Å². The van der Waals surface area contributed by atoms with Crippen molar-refractivity contribution in [2.45, 2.75) is 41.1 Å². The summed E-state index contributed by atoms with van der Waals surface area (Å²) in [4.78, 5) is 50.1. The van der Waals surface area contributed by atoms with Crippen molar-refractivity contribution in [2.75, 3.05) is 12.5 Å². The van der Waals surface area contributed by atoms with Crippen LogP contribution in [0.2, 0.25) is 5.02 Å². The van der Waals surface area contributed by atoms with Crippen molar-refractivity contribution in [3.63, 3.8) is 0 Å². The number of halogens is 6. The predicted molar refractivity (Wildman–Crippen MR) is 134 cm³/mol. The number of aryl methyl sites for hydroxylation is 1. The first-order valence-electron chi connectivity index (χ1n) is 9.95. The zero-order chi connectivity index (χ0) is 26.5. The smallest absolute Gasteiger partial charge is 0.333 e. The maximum atomic E-state index is 12.8. The normalized spacial score (nSPS) is 18.4. The molecule has 3 atom stereocenters. The molecule has 1 aliphatic rings. The summed E-state index contributed by atoms with van der Waals surface area (Å²) in [5.41, 5.74) is -0.440. The highest BCUT2D eigenvalue weighted by atomic mass is 35.6. The number of esters is 2. The maximum absolute atomic E-state index is 12.8. The predicted octanol–water partition coefficient (Wildman–Crippen LogP) is 4.17. The molecule has 8 nitrogen and oxygen atoms in total. The first-order valence-corrected chi connectivity index (χ1v) is 12.4. The molecule has 0 radical (unpaired) electrons. The molecule has 0 saturated carbocycles. The zero-order valence-electron chi connectivity index (χ0n) is 18.2. The van der Waals surface area contributed by atoms with Crippen LogP contribution in [0.1, 0.15) is 18.9 Å². The fourth-order valence-electron chi connectivity index (χ4n) is 3.16. The molecule has 1 aliphatic heterocycles. The zero-order valence-corrected chi connectivity index (χ0v) is 22.7. The number of para-hydroxylation sites is 1. The van der Waals surface area contributed by atoms with Crippen molar-refractivity contribution < 1.29 is 28.7 Å². The van der Waals surface area contributed by atoms with Gasteiger partial charge in [-0.05, 0) is 23.6 Å². The van der Waals surface area contributed by atoms with Crippen molar-refractivity contribution >= 4 is 93.4 Å². The number of carbonyl (C=O) groups is 4. The van der Waals surface area contributed by atoms with Gasteiger partial charge in [0.05, 0.1) is 5.02 Å². The average molecular weight is 609 g/mol. The van der Waals surface area contributed by atoms with E-state index in [1.165, 1.54) is 6.92 Å². The molecule has 0 aromatic heterocycles. The molecular weight excluding hydrogens is 589 g/mol. The van der Waals surface area contributed by atoms with Crippen molar-refractivity contribution in [2.24, 2.45) is 0 Å². The lowest BCUT2D eigenvalue weighted by molar-refractivity contribution is -0.163. The Balaban J connectivity index is 2.02. The molecule has 35 heavy (non-hydrogen) atoms. The summed E-state index contributed by atoms with van der Waals surface area (Å²) in [6.45, 7) is 4.33. The molecular formula is C21H20Cl6N2O6. The van der Waals surface area contributed by atoms with Crippen molar-refractivity contribution in [1.29, 1.82) is 0 Å². The highest BCUT2D eigenvalue weighted by molar-refractivity contribution is 6.67. The molecule has 2 rings (SSSR count). The van der Waals surface area contributed by atoms with E-state index in [9.17, 15) is 19.2 Å². The maximum Gasteiger partial charge on any atom is 0.333 e. The van der Waals surface area contributed by atoms with Gasteiger partial charge in [-0.15, -0.1) is 11.6 Å². The first kappa shape index (κ1) is 29.8. The van der Waals surface area contributed by atoms with Crippen LogP contribution in [0.5, 0.6) is 5.75 Å². The Hall–Kier alpha value is -1.42. The van der Waals surface area contributed by atoms with E-state index in [1.807, 2.05) is 0 Å². The number of rotatable bonds is 10. The molecule has 1 aromatic rings. The minimum atomic E-state index is -1.86. The Morgan fingerprint density at radius 3 is 2.46 bits per heavy atom. The van der Waals surface area contributed by atoms with E-state index in [-0.39, 0.29) is 35.1 Å². The van der Waals surface area contributed by atoms with E-state index in [2.05, 4.69) is 11.9 Å². The van der Waals surface area contributed by atoms with Crippen molar-refractivity contribution in [3.05, 3.63) is 40.9 Å². The number of β-lactam (4-membered cyclic amide) rings is 1. The number of hydrogen-bond acceptors (Lipinski definition) is 6. The van der Waals surface area contributed by atoms with E-state index in [4.69, 9.17) is 79.1 Å². The van der Waals surface area contributed by atoms with Gasteiger partial charge < -0.3 is 19.7 Å². The number of ether oxygens (including phenoxy) is 2. The monoisotopic (exact) mass is 606 g/mol. The Labute approximate surface area is 231 Å². The van der Waals surface area contributed by atoms with Crippen LogP contribution in [-0.2, 0) is 30.3 Å². The van der Waals surface area contributed by atoms with Gasteiger partial charge in [0, 0.05) is 19.2 Å². The number of carbonyl (C=O) groups excluding carboxylic acids is 4. The molecule has 3 unspecified atom stereocenters. The van der Waals surface area contributed by atoms with Gasteiger partial charge in [0.2, 0.25) is 9.70 Å². The number of amides is 2. The second-order valence-corrected chi connectivity index (χ2v) is 11.0. The van der Waals surface area contributed by atoms with Gasteiger partial charge in [-0.1, -0.05) is 76.7 Å². The standard InChI is InChI=1S/C21H20Cl6N2O6/c1-10(8-22)16(20(33)34-9-21(25,26)27)29-18(24)15(19(29)32)28-14(31)7-6-12-4-3-5-13(23)17(12)35-11(2)30/h3-5,15-16,18H,1,6-9H2,2H3,(H,28,31). The molecule has 2 amide bonds. The van der Waals surface area contributed by atoms with Gasteiger partial charge >= 0.3 is 11.9 Å². The summed E-state index contributed by atoms with van der Waals surface area (Å²) in [6, 6.07) is 2.41. The summed E-state index contributed by atoms with van der Waals surface area (Å²) in [6.07, 6.45) is 0.104. The summed E-state index contributed by atoms with van der Waals surface area (Å²) in [7, 11) is 0. The number of benzene rings is 1. The topological polar surface area (TPSA) is 102 Å². The van der Waals surface area contributed by atoms with Crippen LogP contribution in [0, 0.1) is 0 Å². The molecule has 0 spiro atoms. The van der Waals surface area contributed by atoms with E-state index in [1.54, 1.807) is 18.2 Å². The fourth-order valence-corrected chi connectivity index (χ4v) is 4.08. The number of nitrogens with zero attached hydrogens (tertiary/aromatic N) is 1. The van der Waals surface area contributed by atoms with Crippen molar-refractivity contribution in [3.8, 4) is 5.75 Å². The quantitative estimate of drug-likeness (QED) is 0.107. The van der Waals surface area contributed by atoms with Gasteiger partial charge in [-0.3, -0.25) is 14.4 Å². The highest BCUT2D eigenvalue weighted by Crippen LogP contribution is 2.32. The third kappa shape index (κ3) is 8.03. The molecule has 192 valence electrons. The summed E-state index contributed by atoms with van der Waals surface area (Å²) in [5, 5.41) is 2.74. The van der Waals surface area contributed by atoms with Crippen LogP contribution in [-0.4, -0.2) is 62.5 Å². The lowest BCUT2D eigenvalue weighted by atomic mass is 9.99. The number of hydrogen-bond donors (Lipinski definition) is 1. The minimum Gasteiger partial charge on any atom is -0.459 e. The summed E-state index contributed by atoms with van der Waals surface area (Å²) >= 11 is 35.0. The SMILES string of the molecule is C=C(CCl)C(C(=O)OCC(Cl)(Cl)Cl)N1C(=O)C(NC(=O)CCc2cccc(Cl)c2OC(C)=O)C1Cl. The van der Waals surface area contributed by atoms with E-state index >= 15 is 0 Å². The lowest BCUT2D eigenvalue weighted by Gasteiger charge is -2.47. The Morgan fingerprint density at radius 1 is 1.26 bits per heavy atom. The van der Waals surface area contributed by atoms with E-state index in [0.29, 0.717) is 5.56 Å². The van der Waals surface area contributed by atoms with Gasteiger partial charge in [-0.2, -0.15) is 0 Å². The van der Waals surface area contributed by atoms with Crippen LogP contribution in [0.25, 0.3) is 0 Å². The lowest BCUT2D eigenvalue weighted by Crippen LogP contribution is -2.72. The van der Waals surface area contributed by atoms with E-state index < -0.39 is 51.7 Å². The van der Waals surface area contributed by atoms with Gasteiger partial charge in [0.1, 0.15) is 18.1 Å². The average Bonchev–Trinajstić information content (AvgIpc) is 2.78. The molecule has 1 N–H and O–H groups in total. The molecule has 14 heteroatoms. The first-order chi connectivity index (χ1) is 16.3. The Kier molecular flexibility index (Phi) is 10.8. The van der Waals surface area contributed by atoms with Gasteiger partial charge in [0.15, 0.2) is 11.8 Å². The molecule has 1 fully saturated rings. The highest BCUT2D eigenvalue weighted by Gasteiger charge is 2.53. The number of alkyl halides is 5. The van der Waals surface area contributed by atoms with Gasteiger partial charge in [-0.25, -0.2) is 4.79 Å². The molecule has 0 aliphatic carbocycles. The second kappa shape index (κ2) is 12.7. The second-order valence-electron chi connectivity index (χ2n) is 7.40. The molecule has 0 bridgehead atoms. The number of likely N-dealkylation sites (tertiary alicyclic amines) is 1. The van der Waals surface area contributed by atoms with Crippen LogP contribution >= 0.6 is 69.6 Å². The molecule has 1 saturated heterocycles. The third-order valence-corrected chi connectivity index (χ3v) is 6.16. The minimum absolute atomic E-state index is 0.0644. The van der Waals surface area contributed by atoms with Crippen LogP contribution in [0.15, 0.2) is 30.4 Å². The Bertz CT molecular complexity index is 1010. The number of nitrogens with one attached hydrogen (secondary N) is 1. The molecule has 1 aromatic carbocycles.